The number of nitrogens with zero attached hydrogens (tertiary/aromatic N) is 1. The third-order valence-corrected chi connectivity index (χ3v) is 3.58. The lowest BCUT2D eigenvalue weighted by Crippen LogP contribution is -2.14. The highest BCUT2D eigenvalue weighted by Crippen LogP contribution is 2.22. The zero-order valence-electron chi connectivity index (χ0n) is 14.4. The number of carbonyl (C=O) groups is 1. The lowest BCUT2D eigenvalue weighted by molar-refractivity contribution is -0.112. The fourth-order valence-corrected chi connectivity index (χ4v) is 2.24. The predicted molar refractivity (Wildman–Crippen MR) is 100 cm³/mol. The molecule has 0 aliphatic rings. The van der Waals surface area contributed by atoms with Crippen LogP contribution < -0.4 is 10.1 Å². The van der Waals surface area contributed by atoms with E-state index in [1.54, 1.807) is 18.2 Å². The average molecular weight is 332 g/mol. The van der Waals surface area contributed by atoms with Crippen LogP contribution >= 0.6 is 0 Å². The van der Waals surface area contributed by atoms with Crippen LogP contribution in [0.15, 0.2) is 60.7 Å². The van der Waals surface area contributed by atoms with Crippen molar-refractivity contribution in [2.75, 3.05) is 11.9 Å². The Morgan fingerprint density at radius 2 is 2.04 bits per heavy atom. The number of hydrogen-bond acceptors (Lipinski definition) is 3. The lowest BCUT2D eigenvalue weighted by atomic mass is 10.1. The van der Waals surface area contributed by atoms with E-state index in [9.17, 15) is 10.1 Å². The van der Waals surface area contributed by atoms with Gasteiger partial charge in [0.15, 0.2) is 0 Å². The molecule has 0 atom stereocenters. The van der Waals surface area contributed by atoms with Crippen LogP contribution in [-0.2, 0) is 4.79 Å². The SMILES string of the molecule is C=CCOc1ccccc1C=C(C#N)C(=O)Nc1cc(C)ccc1C. The molecule has 0 fully saturated rings. The highest BCUT2D eigenvalue weighted by Gasteiger charge is 2.12. The molecule has 1 amide bonds. The molecular formula is C21H20N2O2. The van der Waals surface area contributed by atoms with Gasteiger partial charge >= 0.3 is 0 Å². The molecule has 1 N–H and O–H groups in total. The second-order valence-electron chi connectivity index (χ2n) is 5.58. The molecule has 0 saturated heterocycles. The fraction of sp³-hybridized carbons (Fsp3) is 0.143. The first-order valence-electron chi connectivity index (χ1n) is 7.88. The van der Waals surface area contributed by atoms with Gasteiger partial charge in [0.25, 0.3) is 5.91 Å². The first-order chi connectivity index (χ1) is 12.0. The minimum absolute atomic E-state index is 0.00978. The number of anilines is 1. The number of rotatable bonds is 6. The van der Waals surface area contributed by atoms with Crippen molar-refractivity contribution in [2.45, 2.75) is 13.8 Å². The summed E-state index contributed by atoms with van der Waals surface area (Å²) in [6.07, 6.45) is 3.16. The van der Waals surface area contributed by atoms with Gasteiger partial charge in [-0.15, -0.1) is 0 Å². The van der Waals surface area contributed by atoms with E-state index in [0.29, 0.717) is 23.6 Å². The van der Waals surface area contributed by atoms with E-state index in [2.05, 4.69) is 11.9 Å². The number of aryl methyl sites for hydroxylation is 2. The zero-order valence-corrected chi connectivity index (χ0v) is 14.4. The Morgan fingerprint density at radius 3 is 2.76 bits per heavy atom. The van der Waals surface area contributed by atoms with E-state index >= 15 is 0 Å². The first-order valence-corrected chi connectivity index (χ1v) is 7.88. The number of benzene rings is 2. The summed E-state index contributed by atoms with van der Waals surface area (Å²) in [7, 11) is 0. The van der Waals surface area contributed by atoms with E-state index in [-0.39, 0.29) is 5.57 Å². The Kier molecular flexibility index (Phi) is 6.14. The smallest absolute Gasteiger partial charge is 0.266 e. The van der Waals surface area contributed by atoms with E-state index in [1.165, 1.54) is 6.08 Å². The van der Waals surface area contributed by atoms with E-state index in [4.69, 9.17) is 4.74 Å². The van der Waals surface area contributed by atoms with Crippen LogP contribution in [0.4, 0.5) is 5.69 Å². The monoisotopic (exact) mass is 332 g/mol. The molecule has 2 aromatic rings. The van der Waals surface area contributed by atoms with Gasteiger partial charge in [-0.1, -0.05) is 43.0 Å². The normalized spacial score (nSPS) is 10.7. The van der Waals surface area contributed by atoms with Crippen LogP contribution in [0.3, 0.4) is 0 Å². The average Bonchev–Trinajstić information content (AvgIpc) is 2.61. The summed E-state index contributed by atoms with van der Waals surface area (Å²) in [6, 6.07) is 15.0. The summed E-state index contributed by atoms with van der Waals surface area (Å²) in [5.74, 6) is 0.143. The van der Waals surface area contributed by atoms with E-state index in [1.807, 2.05) is 50.2 Å². The maximum absolute atomic E-state index is 12.5. The van der Waals surface area contributed by atoms with Crippen molar-refractivity contribution in [3.63, 3.8) is 0 Å². The quantitative estimate of drug-likeness (QED) is 0.484. The number of nitriles is 1. The predicted octanol–water partition coefficient (Wildman–Crippen LogP) is 4.41. The van der Waals surface area contributed by atoms with Gasteiger partial charge in [-0.3, -0.25) is 4.79 Å². The topological polar surface area (TPSA) is 62.1 Å². The minimum atomic E-state index is -0.449. The molecule has 0 aliphatic carbocycles. The van der Waals surface area contributed by atoms with E-state index in [0.717, 1.165) is 11.1 Å². The molecule has 0 aliphatic heterocycles. The summed E-state index contributed by atoms with van der Waals surface area (Å²) in [6.45, 7) is 7.82. The Bertz CT molecular complexity index is 860. The minimum Gasteiger partial charge on any atom is -0.489 e. The van der Waals surface area contributed by atoms with Gasteiger partial charge in [-0.2, -0.15) is 5.26 Å². The highest BCUT2D eigenvalue weighted by atomic mass is 16.5. The summed E-state index contributed by atoms with van der Waals surface area (Å²) < 4.78 is 5.56. The van der Waals surface area contributed by atoms with Crippen LogP contribution in [-0.4, -0.2) is 12.5 Å². The summed E-state index contributed by atoms with van der Waals surface area (Å²) in [4.78, 5) is 12.5. The highest BCUT2D eigenvalue weighted by molar-refractivity contribution is 6.10. The third-order valence-electron chi connectivity index (χ3n) is 3.58. The van der Waals surface area contributed by atoms with Crippen molar-refractivity contribution in [1.29, 1.82) is 5.26 Å². The molecule has 0 heterocycles. The third kappa shape index (κ3) is 4.82. The summed E-state index contributed by atoms with van der Waals surface area (Å²) in [5.41, 5.74) is 3.34. The maximum atomic E-state index is 12.5. The number of amides is 1. The number of ether oxygens (including phenoxy) is 1. The number of para-hydroxylation sites is 1. The standard InChI is InChI=1S/C21H20N2O2/c1-4-11-25-20-8-6-5-7-17(20)13-18(14-22)21(24)23-19-12-15(2)9-10-16(19)3/h4-10,12-13H,1,11H2,2-3H3,(H,23,24). The Hall–Kier alpha value is -3.32. The molecule has 2 aromatic carbocycles. The molecule has 0 saturated carbocycles. The lowest BCUT2D eigenvalue weighted by Gasteiger charge is -2.10. The van der Waals surface area contributed by atoms with Gasteiger partial charge in [-0.25, -0.2) is 0 Å². The fourth-order valence-electron chi connectivity index (χ4n) is 2.24. The first kappa shape index (κ1) is 18.0. The molecule has 0 aromatic heterocycles. The second kappa shape index (κ2) is 8.51. The molecule has 0 unspecified atom stereocenters. The second-order valence-corrected chi connectivity index (χ2v) is 5.58. The van der Waals surface area contributed by atoms with Gasteiger partial charge in [0, 0.05) is 11.3 Å². The zero-order chi connectivity index (χ0) is 18.2. The molecule has 4 nitrogen and oxygen atoms in total. The molecule has 25 heavy (non-hydrogen) atoms. The van der Waals surface area contributed by atoms with Gasteiger partial charge in [0.2, 0.25) is 0 Å². The summed E-state index contributed by atoms with van der Waals surface area (Å²) in [5, 5.41) is 12.2. The molecule has 0 bridgehead atoms. The van der Waals surface area contributed by atoms with Gasteiger partial charge in [-0.05, 0) is 43.2 Å². The Labute approximate surface area is 148 Å². The van der Waals surface area contributed by atoms with Crippen LogP contribution in [0.2, 0.25) is 0 Å². The molecule has 126 valence electrons. The van der Waals surface area contributed by atoms with Crippen molar-refractivity contribution in [3.8, 4) is 11.8 Å². The van der Waals surface area contributed by atoms with Crippen molar-refractivity contribution in [1.82, 2.24) is 0 Å². The molecule has 2 rings (SSSR count). The van der Waals surface area contributed by atoms with Crippen LogP contribution in [0, 0.1) is 25.2 Å². The molecular weight excluding hydrogens is 312 g/mol. The van der Waals surface area contributed by atoms with Crippen molar-refractivity contribution in [2.24, 2.45) is 0 Å². The van der Waals surface area contributed by atoms with Crippen LogP contribution in [0.1, 0.15) is 16.7 Å². The number of carbonyl (C=O) groups excluding carboxylic acids is 1. The van der Waals surface area contributed by atoms with Crippen molar-refractivity contribution >= 4 is 17.7 Å². The van der Waals surface area contributed by atoms with Gasteiger partial charge in [0.05, 0.1) is 0 Å². The maximum Gasteiger partial charge on any atom is 0.266 e. The summed E-state index contributed by atoms with van der Waals surface area (Å²) >= 11 is 0. The Morgan fingerprint density at radius 1 is 1.28 bits per heavy atom. The van der Waals surface area contributed by atoms with Crippen LogP contribution in [0.5, 0.6) is 5.75 Å². The van der Waals surface area contributed by atoms with Gasteiger partial charge in [0.1, 0.15) is 24.0 Å². The number of nitrogens with one attached hydrogen (secondary N) is 1. The molecule has 4 heteroatoms. The molecule has 0 radical (unpaired) electrons. The molecule has 0 spiro atoms. The van der Waals surface area contributed by atoms with Gasteiger partial charge < -0.3 is 10.1 Å². The largest absolute Gasteiger partial charge is 0.489 e. The van der Waals surface area contributed by atoms with Crippen molar-refractivity contribution in [3.05, 3.63) is 77.4 Å². The van der Waals surface area contributed by atoms with E-state index < -0.39 is 5.91 Å². The Balaban J connectivity index is 2.28. The van der Waals surface area contributed by atoms with Crippen LogP contribution in [0.25, 0.3) is 6.08 Å². The number of hydrogen-bond donors (Lipinski definition) is 1. The van der Waals surface area contributed by atoms with Crippen molar-refractivity contribution < 1.29 is 9.53 Å².